The standard InChI is InChI=1S/C17H19FN4O4/c1-11-20-14(21-22(11)13-4-2-12(18)3-5-13)15(23)19-10-17(16(24)25)6-8-26-9-7-17/h2-5H,6-10H2,1H3,(H,19,23)(H,24,25). The Bertz CT molecular complexity index is 813. The smallest absolute Gasteiger partial charge is 0.311 e. The van der Waals surface area contributed by atoms with Crippen molar-refractivity contribution < 1.29 is 23.8 Å². The van der Waals surface area contributed by atoms with E-state index in [4.69, 9.17) is 4.74 Å². The molecule has 1 amide bonds. The van der Waals surface area contributed by atoms with Gasteiger partial charge in [0.15, 0.2) is 0 Å². The lowest BCUT2D eigenvalue weighted by Gasteiger charge is -2.32. The maximum absolute atomic E-state index is 13.0. The summed E-state index contributed by atoms with van der Waals surface area (Å²) in [5.74, 6) is -1.50. The number of aryl methyl sites for hydroxylation is 1. The lowest BCUT2D eigenvalue weighted by molar-refractivity contribution is -0.154. The summed E-state index contributed by atoms with van der Waals surface area (Å²) in [4.78, 5) is 28.1. The number of carboxylic acids is 1. The van der Waals surface area contributed by atoms with E-state index in [0.29, 0.717) is 37.6 Å². The summed E-state index contributed by atoms with van der Waals surface area (Å²) in [7, 11) is 0. The highest BCUT2D eigenvalue weighted by Gasteiger charge is 2.40. The highest BCUT2D eigenvalue weighted by Crippen LogP contribution is 2.30. The highest BCUT2D eigenvalue weighted by atomic mass is 19.1. The van der Waals surface area contributed by atoms with Crippen LogP contribution in [0.1, 0.15) is 29.3 Å². The van der Waals surface area contributed by atoms with E-state index in [2.05, 4.69) is 15.4 Å². The topological polar surface area (TPSA) is 106 Å². The molecule has 138 valence electrons. The summed E-state index contributed by atoms with van der Waals surface area (Å²) in [6, 6.07) is 5.64. The van der Waals surface area contributed by atoms with Gasteiger partial charge in [0.05, 0.1) is 11.1 Å². The van der Waals surface area contributed by atoms with Crippen molar-refractivity contribution in [3.63, 3.8) is 0 Å². The van der Waals surface area contributed by atoms with Gasteiger partial charge in [-0.1, -0.05) is 0 Å². The largest absolute Gasteiger partial charge is 0.481 e. The molecule has 1 aliphatic rings. The molecule has 0 radical (unpaired) electrons. The molecule has 1 fully saturated rings. The van der Waals surface area contributed by atoms with E-state index in [1.54, 1.807) is 6.92 Å². The second-order valence-electron chi connectivity index (χ2n) is 6.25. The number of carboxylic acid groups (broad SMARTS) is 1. The molecule has 8 nitrogen and oxygen atoms in total. The van der Waals surface area contributed by atoms with Crippen LogP contribution in [-0.2, 0) is 9.53 Å². The third-order valence-electron chi connectivity index (χ3n) is 4.53. The van der Waals surface area contributed by atoms with Crippen LogP contribution in [0.4, 0.5) is 4.39 Å². The van der Waals surface area contributed by atoms with Gasteiger partial charge in [0, 0.05) is 19.8 Å². The average Bonchev–Trinajstić information content (AvgIpc) is 3.03. The lowest BCUT2D eigenvalue weighted by atomic mass is 9.80. The first-order valence-corrected chi connectivity index (χ1v) is 8.20. The van der Waals surface area contributed by atoms with Crippen molar-refractivity contribution in [2.45, 2.75) is 19.8 Å². The first-order valence-electron chi connectivity index (χ1n) is 8.20. The molecule has 2 aromatic rings. The Morgan fingerprint density at radius 3 is 2.58 bits per heavy atom. The second kappa shape index (κ2) is 7.20. The zero-order chi connectivity index (χ0) is 18.7. The number of rotatable bonds is 5. The van der Waals surface area contributed by atoms with Crippen molar-refractivity contribution in [1.29, 1.82) is 0 Å². The quantitative estimate of drug-likeness (QED) is 0.831. The van der Waals surface area contributed by atoms with Crippen LogP contribution in [0, 0.1) is 18.2 Å². The van der Waals surface area contributed by atoms with Crippen LogP contribution in [-0.4, -0.2) is 51.5 Å². The molecule has 1 aromatic heterocycles. The predicted octanol–water partition coefficient (Wildman–Crippen LogP) is 1.33. The van der Waals surface area contributed by atoms with Crippen LogP contribution in [0.15, 0.2) is 24.3 Å². The SMILES string of the molecule is Cc1nc(C(=O)NCC2(C(=O)O)CCOCC2)nn1-c1ccc(F)cc1. The fourth-order valence-electron chi connectivity index (χ4n) is 2.87. The summed E-state index contributed by atoms with van der Waals surface area (Å²) in [5.41, 5.74) is -0.468. The monoisotopic (exact) mass is 362 g/mol. The Morgan fingerprint density at radius 1 is 1.31 bits per heavy atom. The highest BCUT2D eigenvalue weighted by molar-refractivity contribution is 5.91. The van der Waals surface area contributed by atoms with Crippen LogP contribution in [0.25, 0.3) is 5.69 Å². The van der Waals surface area contributed by atoms with Crippen LogP contribution >= 0.6 is 0 Å². The molecule has 0 bridgehead atoms. The predicted molar refractivity (Wildman–Crippen MR) is 88.5 cm³/mol. The van der Waals surface area contributed by atoms with Gasteiger partial charge in [0.2, 0.25) is 5.82 Å². The van der Waals surface area contributed by atoms with Gasteiger partial charge in [0.1, 0.15) is 11.6 Å². The molecule has 9 heteroatoms. The van der Waals surface area contributed by atoms with Gasteiger partial charge in [-0.05, 0) is 44.0 Å². The van der Waals surface area contributed by atoms with Crippen molar-refractivity contribution in [2.75, 3.05) is 19.8 Å². The number of aliphatic carboxylic acids is 1. The zero-order valence-corrected chi connectivity index (χ0v) is 14.2. The molecule has 2 N–H and O–H groups in total. The lowest BCUT2D eigenvalue weighted by Crippen LogP contribution is -2.46. The van der Waals surface area contributed by atoms with E-state index in [1.807, 2.05) is 0 Å². The van der Waals surface area contributed by atoms with Crippen molar-refractivity contribution in [3.8, 4) is 5.69 Å². The Kier molecular flexibility index (Phi) is 4.99. The van der Waals surface area contributed by atoms with E-state index < -0.39 is 17.3 Å². The number of nitrogens with zero attached hydrogens (tertiary/aromatic N) is 3. The van der Waals surface area contributed by atoms with Gasteiger partial charge >= 0.3 is 5.97 Å². The number of nitrogens with one attached hydrogen (secondary N) is 1. The summed E-state index contributed by atoms with van der Waals surface area (Å²) < 4.78 is 19.7. The first kappa shape index (κ1) is 18.0. The van der Waals surface area contributed by atoms with E-state index in [-0.39, 0.29) is 18.2 Å². The molecule has 26 heavy (non-hydrogen) atoms. The van der Waals surface area contributed by atoms with Gasteiger partial charge in [-0.3, -0.25) is 9.59 Å². The number of carbonyl (C=O) groups is 2. The van der Waals surface area contributed by atoms with E-state index in [1.165, 1.54) is 28.9 Å². The van der Waals surface area contributed by atoms with Gasteiger partial charge in [-0.2, -0.15) is 0 Å². The first-order chi connectivity index (χ1) is 12.4. The molecular weight excluding hydrogens is 343 g/mol. The van der Waals surface area contributed by atoms with Crippen LogP contribution in [0.3, 0.4) is 0 Å². The summed E-state index contributed by atoms with van der Waals surface area (Å²) in [5, 5.41) is 16.3. The second-order valence-corrected chi connectivity index (χ2v) is 6.25. The fourth-order valence-corrected chi connectivity index (χ4v) is 2.87. The molecule has 0 atom stereocenters. The maximum atomic E-state index is 13.0. The number of halogens is 1. The minimum absolute atomic E-state index is 0.0192. The average molecular weight is 362 g/mol. The van der Waals surface area contributed by atoms with Crippen molar-refractivity contribution in [1.82, 2.24) is 20.1 Å². The number of benzene rings is 1. The zero-order valence-electron chi connectivity index (χ0n) is 14.2. The number of ether oxygens (including phenoxy) is 1. The molecule has 1 aliphatic heterocycles. The Morgan fingerprint density at radius 2 is 1.96 bits per heavy atom. The van der Waals surface area contributed by atoms with Gasteiger partial charge in [0.25, 0.3) is 5.91 Å². The van der Waals surface area contributed by atoms with Gasteiger partial charge in [-0.25, -0.2) is 14.1 Å². The minimum Gasteiger partial charge on any atom is -0.481 e. The Hall–Kier alpha value is -2.81. The van der Waals surface area contributed by atoms with Crippen molar-refractivity contribution in [2.24, 2.45) is 5.41 Å². The van der Waals surface area contributed by atoms with E-state index in [9.17, 15) is 19.1 Å². The molecule has 0 unspecified atom stereocenters. The minimum atomic E-state index is -1.04. The van der Waals surface area contributed by atoms with Crippen LogP contribution in [0.5, 0.6) is 0 Å². The summed E-state index contributed by atoms with van der Waals surface area (Å²) >= 11 is 0. The third kappa shape index (κ3) is 3.57. The van der Waals surface area contributed by atoms with Crippen LogP contribution < -0.4 is 5.32 Å². The normalized spacial score (nSPS) is 16.2. The molecule has 0 aliphatic carbocycles. The molecule has 0 saturated carbocycles. The molecule has 1 saturated heterocycles. The number of carbonyl (C=O) groups excluding carboxylic acids is 1. The number of amides is 1. The number of aromatic nitrogens is 3. The Balaban J connectivity index is 1.73. The van der Waals surface area contributed by atoms with Crippen LogP contribution in [0.2, 0.25) is 0 Å². The van der Waals surface area contributed by atoms with Gasteiger partial charge < -0.3 is 15.2 Å². The summed E-state index contributed by atoms with van der Waals surface area (Å²) in [6.45, 7) is 2.34. The van der Waals surface area contributed by atoms with Crippen molar-refractivity contribution >= 4 is 11.9 Å². The molecule has 2 heterocycles. The number of hydrogen-bond acceptors (Lipinski definition) is 5. The van der Waals surface area contributed by atoms with Gasteiger partial charge in [-0.15, -0.1) is 5.10 Å². The number of hydrogen-bond donors (Lipinski definition) is 2. The maximum Gasteiger partial charge on any atom is 0.311 e. The fraction of sp³-hybridized carbons (Fsp3) is 0.412. The van der Waals surface area contributed by atoms with E-state index >= 15 is 0 Å². The molecular formula is C17H19FN4O4. The molecule has 3 rings (SSSR count). The molecule has 0 spiro atoms. The third-order valence-corrected chi connectivity index (χ3v) is 4.53. The molecule has 1 aromatic carbocycles. The van der Waals surface area contributed by atoms with Crippen molar-refractivity contribution in [3.05, 3.63) is 41.7 Å². The van der Waals surface area contributed by atoms with E-state index in [0.717, 1.165) is 0 Å². The summed E-state index contributed by atoms with van der Waals surface area (Å²) in [6.07, 6.45) is 0.665. The Labute approximate surface area is 149 Å².